The van der Waals surface area contributed by atoms with E-state index < -0.39 is 5.97 Å². The van der Waals surface area contributed by atoms with E-state index in [1.807, 2.05) is 12.1 Å². The van der Waals surface area contributed by atoms with E-state index in [2.05, 4.69) is 0 Å². The number of hydrogen-bond donors (Lipinski definition) is 1. The molecule has 20 heavy (non-hydrogen) atoms. The van der Waals surface area contributed by atoms with Gasteiger partial charge in [0.15, 0.2) is 5.78 Å². The van der Waals surface area contributed by atoms with Crippen LogP contribution >= 0.6 is 11.3 Å². The molecule has 0 radical (unpaired) electrons. The minimum atomic E-state index is -0.786. The number of thiophene rings is 1. The Balaban J connectivity index is 2.38. The van der Waals surface area contributed by atoms with E-state index in [0.717, 1.165) is 22.6 Å². The predicted octanol–water partition coefficient (Wildman–Crippen LogP) is 4.11. The average Bonchev–Trinajstić information content (AvgIpc) is 2.89. The lowest BCUT2D eigenvalue weighted by atomic mass is 10.1. The number of Topliss-reactive ketones (excluding diaryl/α,β-unsaturated/α-hetero) is 1. The maximum Gasteiger partial charge on any atom is 0.306 e. The van der Waals surface area contributed by atoms with Crippen molar-refractivity contribution in [3.8, 4) is 0 Å². The van der Waals surface area contributed by atoms with E-state index in [1.165, 1.54) is 11.3 Å². The fourth-order valence-electron chi connectivity index (χ4n) is 1.82. The Kier molecular flexibility index (Phi) is 7.44. The van der Waals surface area contributed by atoms with Crippen molar-refractivity contribution < 1.29 is 19.1 Å². The maximum absolute atomic E-state index is 11.9. The quantitative estimate of drug-likeness (QED) is 0.522. The number of carboxylic acids is 1. The molecule has 1 N–H and O–H groups in total. The number of carbonyl (C=O) groups is 2. The van der Waals surface area contributed by atoms with Crippen LogP contribution in [-0.2, 0) is 11.2 Å². The van der Waals surface area contributed by atoms with Crippen LogP contribution in [0.5, 0.6) is 0 Å². The van der Waals surface area contributed by atoms with Gasteiger partial charge < -0.3 is 5.11 Å². The highest BCUT2D eigenvalue weighted by Gasteiger charge is 2.13. The van der Waals surface area contributed by atoms with Crippen molar-refractivity contribution in [3.63, 3.8) is 0 Å². The largest absolute Gasteiger partial charge is 0.481 e. The van der Waals surface area contributed by atoms with Gasteiger partial charge in [-0.25, -0.2) is 0 Å². The van der Waals surface area contributed by atoms with Crippen LogP contribution < -0.4 is 0 Å². The smallest absolute Gasteiger partial charge is 0.306 e. The first-order valence-corrected chi connectivity index (χ1v) is 7.77. The number of carbonyl (C=O) groups excluding carboxylic acids is 1. The first-order valence-electron chi connectivity index (χ1n) is 6.95. The predicted molar refractivity (Wildman–Crippen MR) is 78.2 cm³/mol. The Labute approximate surface area is 122 Å². The van der Waals surface area contributed by atoms with Gasteiger partial charge in [-0.1, -0.05) is 13.3 Å². The minimum Gasteiger partial charge on any atom is -0.481 e. The zero-order valence-electron chi connectivity index (χ0n) is 11.7. The number of hydrogen-bond acceptors (Lipinski definition) is 3. The Bertz CT molecular complexity index is 442. The highest BCUT2D eigenvalue weighted by atomic mass is 32.1. The molecule has 0 fully saturated rings. The first kappa shape index (κ1) is 16.8. The molecule has 0 saturated heterocycles. The van der Waals surface area contributed by atoms with Crippen LogP contribution in [0.2, 0.25) is 0 Å². The van der Waals surface area contributed by atoms with Crippen LogP contribution in [0, 0.1) is 5.92 Å². The fraction of sp³-hybridized carbons (Fsp3) is 0.600. The number of carboxylic acid groups (broad SMARTS) is 1. The molecule has 1 heterocycles. The topological polar surface area (TPSA) is 54.4 Å². The first-order chi connectivity index (χ1) is 9.54. The lowest BCUT2D eigenvalue weighted by Crippen LogP contribution is -2.09. The Hall–Kier alpha value is -1.23. The summed E-state index contributed by atoms with van der Waals surface area (Å²) in [7, 11) is 0. The van der Waals surface area contributed by atoms with E-state index in [1.54, 1.807) is 6.92 Å². The molecule has 3 nitrogen and oxygen atoms in total. The summed E-state index contributed by atoms with van der Waals surface area (Å²) in [5.74, 6) is -1.05. The summed E-state index contributed by atoms with van der Waals surface area (Å²) in [6.07, 6.45) is 3.73. The van der Waals surface area contributed by atoms with Gasteiger partial charge in [0.05, 0.1) is 17.5 Å². The summed E-state index contributed by atoms with van der Waals surface area (Å²) in [5.41, 5.74) is 0. The molecule has 1 aromatic rings. The summed E-state index contributed by atoms with van der Waals surface area (Å²) < 4.78 is 11.9. The zero-order chi connectivity index (χ0) is 15.0. The molecule has 0 bridgehead atoms. The molecule has 0 spiro atoms. The fourth-order valence-corrected chi connectivity index (χ4v) is 2.81. The molecule has 1 unspecified atom stereocenters. The van der Waals surface area contributed by atoms with Crippen LogP contribution in [0.3, 0.4) is 0 Å². The zero-order valence-corrected chi connectivity index (χ0v) is 12.5. The molecule has 0 aliphatic heterocycles. The molecule has 5 heteroatoms. The molecule has 1 rings (SSSR count). The molecule has 1 aromatic heterocycles. The molecule has 0 aromatic carbocycles. The normalized spacial score (nSPS) is 12.3. The third-order valence-corrected chi connectivity index (χ3v) is 4.41. The van der Waals surface area contributed by atoms with Crippen LogP contribution in [0.25, 0.3) is 0 Å². The minimum absolute atomic E-state index is 0.103. The highest BCUT2D eigenvalue weighted by molar-refractivity contribution is 7.14. The number of alkyl halides is 1. The van der Waals surface area contributed by atoms with E-state index in [-0.39, 0.29) is 18.4 Å². The molecule has 0 saturated carbocycles. The van der Waals surface area contributed by atoms with Gasteiger partial charge in [0.2, 0.25) is 0 Å². The van der Waals surface area contributed by atoms with E-state index >= 15 is 0 Å². The highest BCUT2D eigenvalue weighted by Crippen LogP contribution is 2.22. The summed E-state index contributed by atoms with van der Waals surface area (Å²) in [5, 5.41) is 8.82. The molecule has 0 aliphatic rings. The van der Waals surface area contributed by atoms with Crippen molar-refractivity contribution in [1.82, 2.24) is 0 Å². The number of ketones is 1. The van der Waals surface area contributed by atoms with Gasteiger partial charge in [0.1, 0.15) is 0 Å². The van der Waals surface area contributed by atoms with Gasteiger partial charge >= 0.3 is 5.97 Å². The van der Waals surface area contributed by atoms with Gasteiger partial charge in [0, 0.05) is 11.3 Å². The van der Waals surface area contributed by atoms with Crippen LogP contribution in [0.1, 0.15) is 53.6 Å². The number of aliphatic carboxylic acids is 1. The Morgan fingerprint density at radius 3 is 2.70 bits per heavy atom. The standard InChI is InChI=1S/C15H21FO3S/c1-11(15(18)19)6-7-12-8-9-14(20-12)13(17)5-3-2-4-10-16/h8-9,11H,2-7,10H2,1H3,(H,18,19). The second kappa shape index (κ2) is 8.84. The van der Waals surface area contributed by atoms with Crippen molar-refractivity contribution >= 4 is 23.1 Å². The van der Waals surface area contributed by atoms with Crippen molar-refractivity contribution in [2.45, 2.75) is 45.4 Å². The second-order valence-electron chi connectivity index (χ2n) is 4.97. The number of halogens is 1. The SMILES string of the molecule is CC(CCc1ccc(C(=O)CCCCCF)s1)C(=O)O. The summed E-state index contributed by atoms with van der Waals surface area (Å²) in [6.45, 7) is 1.37. The van der Waals surface area contributed by atoms with Gasteiger partial charge in [0.25, 0.3) is 0 Å². The van der Waals surface area contributed by atoms with Crippen LogP contribution in [0.15, 0.2) is 12.1 Å². The lowest BCUT2D eigenvalue weighted by Gasteiger charge is -2.03. The van der Waals surface area contributed by atoms with Crippen LogP contribution in [-0.4, -0.2) is 23.5 Å². The third kappa shape index (κ3) is 5.82. The van der Waals surface area contributed by atoms with E-state index in [9.17, 15) is 14.0 Å². The maximum atomic E-state index is 11.9. The molecule has 112 valence electrons. The van der Waals surface area contributed by atoms with Crippen LogP contribution in [0.4, 0.5) is 4.39 Å². The van der Waals surface area contributed by atoms with Gasteiger partial charge in [-0.2, -0.15) is 0 Å². The van der Waals surface area contributed by atoms with Gasteiger partial charge in [-0.3, -0.25) is 14.0 Å². The molecular weight excluding hydrogens is 279 g/mol. The van der Waals surface area contributed by atoms with E-state index in [4.69, 9.17) is 5.11 Å². The van der Waals surface area contributed by atoms with Gasteiger partial charge in [-0.15, -0.1) is 11.3 Å². The third-order valence-electron chi connectivity index (χ3n) is 3.22. The molecule has 0 aliphatic carbocycles. The molecular formula is C15H21FO3S. The van der Waals surface area contributed by atoms with Crippen molar-refractivity contribution in [2.75, 3.05) is 6.67 Å². The van der Waals surface area contributed by atoms with E-state index in [0.29, 0.717) is 25.7 Å². The van der Waals surface area contributed by atoms with Crippen molar-refractivity contribution in [2.24, 2.45) is 5.92 Å². The average molecular weight is 300 g/mol. The Morgan fingerprint density at radius 2 is 2.05 bits per heavy atom. The summed E-state index contributed by atoms with van der Waals surface area (Å²) >= 11 is 1.44. The lowest BCUT2D eigenvalue weighted by molar-refractivity contribution is -0.141. The van der Waals surface area contributed by atoms with Crippen molar-refractivity contribution in [3.05, 3.63) is 21.9 Å². The monoisotopic (exact) mass is 300 g/mol. The number of rotatable bonds is 10. The van der Waals surface area contributed by atoms with Crippen molar-refractivity contribution in [1.29, 1.82) is 0 Å². The second-order valence-corrected chi connectivity index (χ2v) is 6.14. The Morgan fingerprint density at radius 1 is 1.30 bits per heavy atom. The molecule has 0 amide bonds. The summed E-state index contributed by atoms with van der Waals surface area (Å²) in [4.78, 5) is 24.4. The number of unbranched alkanes of at least 4 members (excludes halogenated alkanes) is 2. The summed E-state index contributed by atoms with van der Waals surface area (Å²) in [6, 6.07) is 3.71. The number of aryl methyl sites for hydroxylation is 1. The molecule has 1 atom stereocenters. The van der Waals surface area contributed by atoms with Gasteiger partial charge in [-0.05, 0) is 37.8 Å².